The predicted molar refractivity (Wildman–Crippen MR) is 78.9 cm³/mol. The van der Waals surface area contributed by atoms with Crippen LogP contribution in [0.15, 0.2) is 41.0 Å². The summed E-state index contributed by atoms with van der Waals surface area (Å²) < 4.78 is 11.0. The van der Waals surface area contributed by atoms with Gasteiger partial charge in [0.05, 0.1) is 13.4 Å². The summed E-state index contributed by atoms with van der Waals surface area (Å²) in [6.45, 7) is 2.19. The Morgan fingerprint density at radius 3 is 3.00 bits per heavy atom. The second-order valence-electron chi connectivity index (χ2n) is 5.37. The molecule has 0 saturated heterocycles. The largest absolute Gasteiger partial charge is 0.496 e. The summed E-state index contributed by atoms with van der Waals surface area (Å²) in [5.74, 6) is 2.08. The molecule has 0 amide bonds. The van der Waals surface area contributed by atoms with Gasteiger partial charge in [-0.2, -0.15) is 0 Å². The lowest BCUT2D eigenvalue weighted by molar-refractivity contribution is 0.370. The van der Waals surface area contributed by atoms with Crippen LogP contribution in [0.3, 0.4) is 0 Å². The second kappa shape index (κ2) is 5.71. The zero-order valence-corrected chi connectivity index (χ0v) is 12.1. The first kappa shape index (κ1) is 13.3. The maximum atomic E-state index is 5.55. The van der Waals surface area contributed by atoms with Gasteiger partial charge in [-0.3, -0.25) is 0 Å². The van der Waals surface area contributed by atoms with E-state index in [2.05, 4.69) is 30.4 Å². The molecule has 0 radical (unpaired) electrons. The molecule has 1 heterocycles. The van der Waals surface area contributed by atoms with E-state index in [-0.39, 0.29) is 6.04 Å². The van der Waals surface area contributed by atoms with Crippen molar-refractivity contribution in [2.24, 2.45) is 0 Å². The van der Waals surface area contributed by atoms with Gasteiger partial charge in [-0.15, -0.1) is 0 Å². The van der Waals surface area contributed by atoms with Crippen molar-refractivity contribution < 1.29 is 9.15 Å². The Labute approximate surface area is 119 Å². The van der Waals surface area contributed by atoms with Crippen LogP contribution < -0.4 is 10.1 Å². The van der Waals surface area contributed by atoms with E-state index in [9.17, 15) is 0 Å². The number of fused-ring (bicyclic) bond motifs is 1. The summed E-state index contributed by atoms with van der Waals surface area (Å²) in [6.07, 6.45) is 5.20. The highest BCUT2D eigenvalue weighted by Crippen LogP contribution is 2.33. The van der Waals surface area contributed by atoms with Crippen LogP contribution in [-0.4, -0.2) is 7.11 Å². The Hall–Kier alpha value is -1.74. The zero-order chi connectivity index (χ0) is 13.9. The van der Waals surface area contributed by atoms with E-state index < -0.39 is 0 Å². The first-order valence-corrected chi connectivity index (χ1v) is 7.25. The zero-order valence-electron chi connectivity index (χ0n) is 12.1. The Balaban J connectivity index is 1.79. The van der Waals surface area contributed by atoms with E-state index in [1.807, 2.05) is 12.1 Å². The number of para-hydroxylation sites is 1. The quantitative estimate of drug-likeness (QED) is 0.912. The summed E-state index contributed by atoms with van der Waals surface area (Å²) in [7, 11) is 1.72. The number of benzene rings is 1. The molecule has 106 valence electrons. The highest BCUT2D eigenvalue weighted by molar-refractivity contribution is 5.36. The Bertz CT molecular complexity index is 576. The molecule has 1 aliphatic rings. The number of rotatable bonds is 4. The first-order chi connectivity index (χ1) is 9.79. The van der Waals surface area contributed by atoms with Crippen LogP contribution in [0.5, 0.6) is 5.75 Å². The summed E-state index contributed by atoms with van der Waals surface area (Å²) in [4.78, 5) is 0. The highest BCUT2D eigenvalue weighted by Gasteiger charge is 2.24. The Morgan fingerprint density at radius 2 is 2.15 bits per heavy atom. The minimum Gasteiger partial charge on any atom is -0.496 e. The third-order valence-corrected chi connectivity index (χ3v) is 4.11. The average Bonchev–Trinajstić information content (AvgIpc) is 2.96. The van der Waals surface area contributed by atoms with Gasteiger partial charge < -0.3 is 14.5 Å². The van der Waals surface area contributed by atoms with Gasteiger partial charge in [0.15, 0.2) is 0 Å². The van der Waals surface area contributed by atoms with E-state index in [4.69, 9.17) is 9.15 Å². The van der Waals surface area contributed by atoms with Crippen LogP contribution in [-0.2, 0) is 6.42 Å². The molecular weight excluding hydrogens is 250 g/mol. The van der Waals surface area contributed by atoms with Gasteiger partial charge in [-0.05, 0) is 31.9 Å². The maximum Gasteiger partial charge on any atom is 0.123 e. The molecule has 20 heavy (non-hydrogen) atoms. The number of ether oxygens (including phenoxy) is 1. The van der Waals surface area contributed by atoms with Crippen molar-refractivity contribution in [2.75, 3.05) is 7.11 Å². The molecule has 0 saturated carbocycles. The molecule has 3 nitrogen and oxygen atoms in total. The number of furan rings is 1. The van der Waals surface area contributed by atoms with E-state index in [0.717, 1.165) is 24.4 Å². The fourth-order valence-corrected chi connectivity index (χ4v) is 3.08. The summed E-state index contributed by atoms with van der Waals surface area (Å²) in [5.41, 5.74) is 2.52. The lowest BCUT2D eigenvalue weighted by Gasteiger charge is -2.27. The van der Waals surface area contributed by atoms with Gasteiger partial charge in [0.1, 0.15) is 11.5 Å². The third kappa shape index (κ3) is 2.46. The molecule has 0 spiro atoms. The molecule has 1 N–H and O–H groups in total. The van der Waals surface area contributed by atoms with E-state index in [0.29, 0.717) is 6.04 Å². The van der Waals surface area contributed by atoms with Crippen molar-refractivity contribution in [3.63, 3.8) is 0 Å². The van der Waals surface area contributed by atoms with Gasteiger partial charge in [0, 0.05) is 29.6 Å². The fourth-order valence-electron chi connectivity index (χ4n) is 3.08. The van der Waals surface area contributed by atoms with Crippen LogP contribution >= 0.6 is 0 Å². The molecule has 3 rings (SSSR count). The van der Waals surface area contributed by atoms with E-state index in [1.165, 1.54) is 17.5 Å². The molecule has 2 aromatic rings. The first-order valence-electron chi connectivity index (χ1n) is 7.25. The maximum absolute atomic E-state index is 5.55. The molecular formula is C17H21NO2. The number of hydrogen-bond donors (Lipinski definition) is 1. The molecule has 1 aromatic carbocycles. The van der Waals surface area contributed by atoms with Crippen LogP contribution in [0.25, 0.3) is 0 Å². The van der Waals surface area contributed by atoms with Gasteiger partial charge in [-0.1, -0.05) is 18.2 Å². The number of nitrogens with one attached hydrogen (secondary N) is 1. The minimum absolute atomic E-state index is 0.247. The molecule has 2 unspecified atom stereocenters. The van der Waals surface area contributed by atoms with Crippen LogP contribution in [0.2, 0.25) is 0 Å². The van der Waals surface area contributed by atoms with Crippen molar-refractivity contribution in [1.29, 1.82) is 0 Å². The summed E-state index contributed by atoms with van der Waals surface area (Å²) in [6, 6.07) is 10.9. The highest BCUT2D eigenvalue weighted by atomic mass is 16.5. The minimum atomic E-state index is 0.247. The van der Waals surface area contributed by atoms with Crippen LogP contribution in [0, 0.1) is 0 Å². The smallest absolute Gasteiger partial charge is 0.123 e. The van der Waals surface area contributed by atoms with Crippen molar-refractivity contribution in [3.05, 3.63) is 53.5 Å². The number of methoxy groups -OCH3 is 1. The molecule has 1 aliphatic carbocycles. The van der Waals surface area contributed by atoms with Gasteiger partial charge in [-0.25, -0.2) is 0 Å². The van der Waals surface area contributed by atoms with Crippen LogP contribution in [0.1, 0.15) is 48.7 Å². The molecule has 0 fully saturated rings. The van der Waals surface area contributed by atoms with Crippen molar-refractivity contribution in [1.82, 2.24) is 5.32 Å². The standard InChI is InChI=1S/C17H21NO2/c1-12(13-6-3-4-8-16(13)19-2)18-15-7-5-9-17-14(15)10-11-20-17/h3-4,6,8,10-12,15,18H,5,7,9H2,1-2H3. The van der Waals surface area contributed by atoms with E-state index in [1.54, 1.807) is 13.4 Å². The summed E-state index contributed by atoms with van der Waals surface area (Å²) in [5, 5.41) is 3.71. The topological polar surface area (TPSA) is 34.4 Å². The van der Waals surface area contributed by atoms with E-state index >= 15 is 0 Å². The SMILES string of the molecule is COc1ccccc1C(C)NC1CCCc2occc21. The Kier molecular flexibility index (Phi) is 3.79. The molecule has 1 aromatic heterocycles. The number of hydrogen-bond acceptors (Lipinski definition) is 3. The third-order valence-electron chi connectivity index (χ3n) is 4.11. The predicted octanol–water partition coefficient (Wildman–Crippen LogP) is 4.02. The Morgan fingerprint density at radius 1 is 1.30 bits per heavy atom. The van der Waals surface area contributed by atoms with Crippen LogP contribution in [0.4, 0.5) is 0 Å². The number of aryl methyl sites for hydroxylation is 1. The van der Waals surface area contributed by atoms with Gasteiger partial charge in [0.2, 0.25) is 0 Å². The van der Waals surface area contributed by atoms with Crippen molar-refractivity contribution >= 4 is 0 Å². The lowest BCUT2D eigenvalue weighted by Crippen LogP contribution is -2.27. The molecule has 0 aliphatic heterocycles. The van der Waals surface area contributed by atoms with Gasteiger partial charge in [0.25, 0.3) is 0 Å². The lowest BCUT2D eigenvalue weighted by atomic mass is 9.92. The summed E-state index contributed by atoms with van der Waals surface area (Å²) >= 11 is 0. The fraction of sp³-hybridized carbons (Fsp3) is 0.412. The van der Waals surface area contributed by atoms with Crippen molar-refractivity contribution in [3.8, 4) is 5.75 Å². The average molecular weight is 271 g/mol. The normalized spacial score (nSPS) is 19.4. The van der Waals surface area contributed by atoms with Gasteiger partial charge >= 0.3 is 0 Å². The molecule has 0 bridgehead atoms. The molecule has 2 atom stereocenters. The second-order valence-corrected chi connectivity index (χ2v) is 5.37. The monoisotopic (exact) mass is 271 g/mol. The molecule has 3 heteroatoms. The van der Waals surface area contributed by atoms with Crippen molar-refractivity contribution in [2.45, 2.75) is 38.3 Å².